The summed E-state index contributed by atoms with van der Waals surface area (Å²) in [4.78, 5) is 36.0. The molecule has 1 aliphatic carbocycles. The molecule has 0 aromatic heterocycles. The number of esters is 2. The molecule has 0 fully saturated rings. The predicted molar refractivity (Wildman–Crippen MR) is 117 cm³/mol. The number of halogens is 2. The van der Waals surface area contributed by atoms with Crippen LogP contribution in [0.3, 0.4) is 0 Å². The second-order valence-electron chi connectivity index (χ2n) is 7.22. The highest BCUT2D eigenvalue weighted by Gasteiger charge is 2.36. The fraction of sp³-hybridized carbons (Fsp3) is 0.476. The molecule has 0 radical (unpaired) electrons. The topological polar surface area (TPSA) is 116 Å². The van der Waals surface area contributed by atoms with Crippen LogP contribution in [-0.2, 0) is 29.1 Å². The number of Topliss-reactive ketones (excluding diaryl/α,β-unsaturated/α-hetero) is 1. The first-order chi connectivity index (χ1) is 15.0. The average Bonchev–Trinajstić information content (AvgIpc) is 2.78. The van der Waals surface area contributed by atoms with Crippen LogP contribution in [0, 0.1) is 5.92 Å². The highest BCUT2D eigenvalue weighted by Crippen LogP contribution is 2.31. The third kappa shape index (κ3) is 5.86. The lowest BCUT2D eigenvalue weighted by Crippen LogP contribution is -2.34. The molecule has 0 bridgehead atoms. The van der Waals surface area contributed by atoms with E-state index in [0.717, 1.165) is 13.2 Å². The Hall–Kier alpha value is -2.46. The lowest BCUT2D eigenvalue weighted by Gasteiger charge is -2.24. The summed E-state index contributed by atoms with van der Waals surface area (Å²) < 4.78 is 52.0. The maximum atomic E-state index is 14.4. The maximum absolute atomic E-state index is 14.4. The normalized spacial score (nSPS) is 18.2. The van der Waals surface area contributed by atoms with Gasteiger partial charge in [0.15, 0.2) is 12.0 Å². The summed E-state index contributed by atoms with van der Waals surface area (Å²) in [5.41, 5.74) is -0.106. The number of methoxy groups -OCH3 is 1. The molecular formula is C21H25ClFNO7S. The van der Waals surface area contributed by atoms with Gasteiger partial charge in [-0.25, -0.2) is 17.6 Å². The molecular weight excluding hydrogens is 465 g/mol. The smallest absolute Gasteiger partial charge is 0.335 e. The van der Waals surface area contributed by atoms with E-state index >= 15 is 0 Å². The third-order valence-electron chi connectivity index (χ3n) is 5.04. The van der Waals surface area contributed by atoms with E-state index < -0.39 is 45.1 Å². The largest absolute Gasteiger partial charge is 0.469 e. The Balaban J connectivity index is 2.24. The summed E-state index contributed by atoms with van der Waals surface area (Å²) in [6.07, 6.45) is 0.764. The molecule has 2 rings (SSSR count). The van der Waals surface area contributed by atoms with Crippen LogP contribution >= 0.6 is 11.6 Å². The van der Waals surface area contributed by atoms with E-state index in [9.17, 15) is 27.2 Å². The van der Waals surface area contributed by atoms with E-state index in [1.165, 1.54) is 19.1 Å². The number of ketones is 1. The molecule has 176 valence electrons. The minimum atomic E-state index is -4.07. The van der Waals surface area contributed by atoms with Crippen LogP contribution in [-0.4, -0.2) is 51.3 Å². The van der Waals surface area contributed by atoms with Gasteiger partial charge in [-0.3, -0.25) is 14.3 Å². The minimum Gasteiger partial charge on any atom is -0.469 e. The van der Waals surface area contributed by atoms with Gasteiger partial charge in [-0.15, -0.1) is 0 Å². The van der Waals surface area contributed by atoms with Crippen molar-refractivity contribution in [3.8, 4) is 0 Å². The van der Waals surface area contributed by atoms with Crippen molar-refractivity contribution in [2.24, 2.45) is 5.92 Å². The first kappa shape index (κ1) is 25.8. The second kappa shape index (κ2) is 10.9. The van der Waals surface area contributed by atoms with Gasteiger partial charge in [-0.2, -0.15) is 0 Å². The number of carbonyl (C=O) groups is 3. The Bertz CT molecular complexity index is 1020. The Labute approximate surface area is 191 Å². The summed E-state index contributed by atoms with van der Waals surface area (Å²) in [5, 5.41) is -1.27. The summed E-state index contributed by atoms with van der Waals surface area (Å²) in [7, 11) is -2.99. The summed E-state index contributed by atoms with van der Waals surface area (Å²) in [5.74, 6) is -3.87. The highest BCUT2D eigenvalue weighted by molar-refractivity contribution is 7.93. The first-order valence-electron chi connectivity index (χ1n) is 9.97. The van der Waals surface area contributed by atoms with Crippen LogP contribution in [0.4, 0.5) is 10.1 Å². The molecule has 1 N–H and O–H groups in total. The molecule has 0 saturated carbocycles. The van der Waals surface area contributed by atoms with E-state index in [0.29, 0.717) is 12.8 Å². The number of hydrogen-bond donors (Lipinski definition) is 1. The van der Waals surface area contributed by atoms with Gasteiger partial charge < -0.3 is 9.47 Å². The van der Waals surface area contributed by atoms with Gasteiger partial charge in [0.2, 0.25) is 10.0 Å². The van der Waals surface area contributed by atoms with Crippen molar-refractivity contribution in [2.75, 3.05) is 18.4 Å². The first-order valence-corrected chi connectivity index (χ1v) is 11.9. The van der Waals surface area contributed by atoms with E-state index in [1.54, 1.807) is 13.0 Å². The number of benzene rings is 1. The molecule has 32 heavy (non-hydrogen) atoms. The van der Waals surface area contributed by atoms with Crippen molar-refractivity contribution in [1.29, 1.82) is 0 Å². The monoisotopic (exact) mass is 489 g/mol. The van der Waals surface area contributed by atoms with E-state index in [4.69, 9.17) is 16.3 Å². The molecule has 0 unspecified atom stereocenters. The van der Waals surface area contributed by atoms with Gasteiger partial charge in [0.25, 0.3) is 0 Å². The van der Waals surface area contributed by atoms with Gasteiger partial charge in [0.1, 0.15) is 5.25 Å². The molecule has 1 aromatic rings. The second-order valence-corrected chi connectivity index (χ2v) is 9.49. The van der Waals surface area contributed by atoms with Crippen molar-refractivity contribution < 1.29 is 36.7 Å². The fourth-order valence-corrected chi connectivity index (χ4v) is 5.18. The Kier molecular flexibility index (Phi) is 8.80. The molecule has 0 aliphatic heterocycles. The SMILES string of the molecule is CCOC(=O)C1=CCCC[C@H]1S(=O)(=O)Nc1ccc(C(=O)[C@H](F)[C@H](C)C(=O)OC)cc1Cl. The van der Waals surface area contributed by atoms with Gasteiger partial charge in [0.05, 0.1) is 35.9 Å². The molecule has 3 atom stereocenters. The fourth-order valence-electron chi connectivity index (χ4n) is 3.27. The number of ether oxygens (including phenoxy) is 2. The quantitative estimate of drug-likeness (QED) is 0.417. The van der Waals surface area contributed by atoms with Crippen LogP contribution in [0.25, 0.3) is 0 Å². The van der Waals surface area contributed by atoms with Crippen molar-refractivity contribution in [1.82, 2.24) is 0 Å². The van der Waals surface area contributed by atoms with E-state index in [-0.39, 0.29) is 34.9 Å². The maximum Gasteiger partial charge on any atom is 0.335 e. The standard InChI is InChI=1S/C21H25ClFNO7S/c1-4-31-21(27)14-7-5-6-8-17(14)32(28,29)24-16-10-9-13(11-15(16)22)19(25)18(23)12(2)20(26)30-3/h7,9-12,17-18,24H,4-6,8H2,1-3H3/t12-,17+,18+/m0/s1. The zero-order chi connectivity index (χ0) is 24.1. The van der Waals surface area contributed by atoms with E-state index in [2.05, 4.69) is 9.46 Å². The number of alkyl halides is 1. The lowest BCUT2D eigenvalue weighted by atomic mass is 9.97. The average molecular weight is 490 g/mol. The number of anilines is 1. The Morgan fingerprint density at radius 3 is 2.59 bits per heavy atom. The zero-order valence-electron chi connectivity index (χ0n) is 17.9. The molecule has 11 heteroatoms. The predicted octanol–water partition coefficient (Wildman–Crippen LogP) is 3.45. The number of rotatable bonds is 9. The summed E-state index contributed by atoms with van der Waals surface area (Å²) in [6.45, 7) is 2.96. The summed E-state index contributed by atoms with van der Waals surface area (Å²) in [6, 6.07) is 3.53. The number of hydrogen-bond acceptors (Lipinski definition) is 7. The molecule has 0 amide bonds. The zero-order valence-corrected chi connectivity index (χ0v) is 19.5. The molecule has 0 saturated heterocycles. The highest BCUT2D eigenvalue weighted by atomic mass is 35.5. The van der Waals surface area contributed by atoms with Crippen molar-refractivity contribution in [3.05, 3.63) is 40.4 Å². The van der Waals surface area contributed by atoms with Crippen LogP contribution in [0.1, 0.15) is 43.5 Å². The van der Waals surface area contributed by atoms with Crippen LogP contribution in [0.2, 0.25) is 5.02 Å². The number of allylic oxidation sites excluding steroid dienone is 1. The van der Waals surface area contributed by atoms with Crippen LogP contribution < -0.4 is 4.72 Å². The van der Waals surface area contributed by atoms with Crippen molar-refractivity contribution >= 4 is 45.0 Å². The van der Waals surface area contributed by atoms with Gasteiger partial charge in [0, 0.05) is 5.56 Å². The molecule has 0 heterocycles. The third-order valence-corrected chi connectivity index (χ3v) is 7.09. The molecule has 8 nitrogen and oxygen atoms in total. The molecule has 0 spiro atoms. The Morgan fingerprint density at radius 1 is 1.31 bits per heavy atom. The van der Waals surface area contributed by atoms with Gasteiger partial charge in [-0.05, 0) is 51.3 Å². The van der Waals surface area contributed by atoms with Crippen molar-refractivity contribution in [3.63, 3.8) is 0 Å². The lowest BCUT2D eigenvalue weighted by molar-refractivity contribution is -0.146. The molecule has 1 aliphatic rings. The van der Waals surface area contributed by atoms with Gasteiger partial charge >= 0.3 is 11.9 Å². The Morgan fingerprint density at radius 2 is 2.00 bits per heavy atom. The van der Waals surface area contributed by atoms with E-state index in [1.807, 2.05) is 0 Å². The van der Waals surface area contributed by atoms with Crippen LogP contribution in [0.5, 0.6) is 0 Å². The van der Waals surface area contributed by atoms with Crippen LogP contribution in [0.15, 0.2) is 29.8 Å². The van der Waals surface area contributed by atoms with Crippen molar-refractivity contribution in [2.45, 2.75) is 44.5 Å². The summed E-state index contributed by atoms with van der Waals surface area (Å²) >= 11 is 6.14. The molecule has 1 aromatic carbocycles. The number of carbonyl (C=O) groups excluding carboxylic acids is 3. The van der Waals surface area contributed by atoms with Gasteiger partial charge in [-0.1, -0.05) is 17.7 Å². The minimum absolute atomic E-state index is 0.0339. The number of nitrogens with one attached hydrogen (secondary N) is 1. The number of sulfonamides is 1.